The number of benzene rings is 1. The Balaban J connectivity index is 1.90. The van der Waals surface area contributed by atoms with Gasteiger partial charge in [-0.15, -0.1) is 0 Å². The van der Waals surface area contributed by atoms with Gasteiger partial charge in [0.15, 0.2) is 0 Å². The van der Waals surface area contributed by atoms with Crippen molar-refractivity contribution in [2.75, 3.05) is 0 Å². The fraction of sp³-hybridized carbons (Fsp3) is 0.412. The number of carbonyl (C=O) groups is 1. The Morgan fingerprint density at radius 1 is 1.30 bits per heavy atom. The zero-order valence-corrected chi connectivity index (χ0v) is 12.3. The van der Waals surface area contributed by atoms with E-state index in [9.17, 15) is 4.79 Å². The van der Waals surface area contributed by atoms with Crippen molar-refractivity contribution in [1.29, 1.82) is 0 Å². The average Bonchev–Trinajstić information content (AvgIpc) is 2.86. The van der Waals surface area contributed by atoms with Crippen LogP contribution in [0.25, 0.3) is 0 Å². The van der Waals surface area contributed by atoms with Crippen molar-refractivity contribution in [2.45, 2.75) is 46.1 Å². The summed E-state index contributed by atoms with van der Waals surface area (Å²) < 4.78 is 2.08. The molecule has 2 aromatic rings. The van der Waals surface area contributed by atoms with Gasteiger partial charge >= 0.3 is 0 Å². The smallest absolute Gasteiger partial charge is 0.140 e. The predicted molar refractivity (Wildman–Crippen MR) is 80.7 cm³/mol. The number of carbonyl (C=O) groups excluding carboxylic acids is 1. The van der Waals surface area contributed by atoms with Crippen molar-refractivity contribution in [3.05, 3.63) is 53.6 Å². The molecule has 0 aliphatic heterocycles. The number of ketones is 1. The molecule has 0 saturated heterocycles. The molecule has 0 N–H and O–H groups in total. The van der Waals surface area contributed by atoms with Gasteiger partial charge in [-0.25, -0.2) is 4.98 Å². The highest BCUT2D eigenvalue weighted by atomic mass is 16.1. The highest BCUT2D eigenvalue weighted by Crippen LogP contribution is 2.11. The van der Waals surface area contributed by atoms with Crippen molar-refractivity contribution in [2.24, 2.45) is 0 Å². The third-order valence-electron chi connectivity index (χ3n) is 3.56. The van der Waals surface area contributed by atoms with Crippen molar-refractivity contribution in [1.82, 2.24) is 9.55 Å². The second-order valence-corrected chi connectivity index (χ2v) is 5.18. The van der Waals surface area contributed by atoms with E-state index in [4.69, 9.17) is 0 Å². The van der Waals surface area contributed by atoms with Crippen LogP contribution in [0.1, 0.15) is 36.7 Å². The predicted octanol–water partition coefficient (Wildman–Crippen LogP) is 3.35. The number of imidazole rings is 1. The van der Waals surface area contributed by atoms with Crippen molar-refractivity contribution < 1.29 is 4.79 Å². The fourth-order valence-corrected chi connectivity index (χ4v) is 2.38. The Bertz CT molecular complexity index is 572. The molecule has 0 bridgehead atoms. The summed E-state index contributed by atoms with van der Waals surface area (Å²) in [5.74, 6) is 1.15. The van der Waals surface area contributed by atoms with Gasteiger partial charge in [0.05, 0.1) is 6.42 Å². The van der Waals surface area contributed by atoms with Crippen LogP contribution >= 0.6 is 0 Å². The molecular weight excluding hydrogens is 248 g/mol. The van der Waals surface area contributed by atoms with Gasteiger partial charge in [0, 0.05) is 25.4 Å². The van der Waals surface area contributed by atoms with Crippen LogP contribution in [0.2, 0.25) is 0 Å². The molecule has 0 unspecified atom stereocenters. The normalized spacial score (nSPS) is 10.7. The number of hydrogen-bond donors (Lipinski definition) is 0. The highest BCUT2D eigenvalue weighted by molar-refractivity contribution is 5.80. The number of rotatable bonds is 7. The van der Waals surface area contributed by atoms with Gasteiger partial charge < -0.3 is 4.57 Å². The molecule has 20 heavy (non-hydrogen) atoms. The molecule has 0 spiro atoms. The summed E-state index contributed by atoms with van der Waals surface area (Å²) in [5, 5.41) is 0. The molecule has 0 aliphatic rings. The molecule has 0 aliphatic carbocycles. The third kappa shape index (κ3) is 3.80. The molecule has 0 radical (unpaired) electrons. The van der Waals surface area contributed by atoms with Crippen LogP contribution in [0.3, 0.4) is 0 Å². The molecular formula is C17H22N2O. The first-order valence-electron chi connectivity index (χ1n) is 7.27. The Hall–Kier alpha value is -1.90. The van der Waals surface area contributed by atoms with Crippen molar-refractivity contribution in [3.63, 3.8) is 0 Å². The number of Topliss-reactive ketones (excluding diaryl/α,β-unsaturated/α-hetero) is 1. The van der Waals surface area contributed by atoms with Gasteiger partial charge in [0.25, 0.3) is 0 Å². The molecule has 3 heteroatoms. The van der Waals surface area contributed by atoms with Crippen LogP contribution in [-0.4, -0.2) is 15.3 Å². The molecule has 106 valence electrons. The van der Waals surface area contributed by atoms with Gasteiger partial charge in [0.2, 0.25) is 0 Å². The molecule has 0 fully saturated rings. The maximum Gasteiger partial charge on any atom is 0.140 e. The molecule has 1 aromatic carbocycles. The van der Waals surface area contributed by atoms with E-state index in [-0.39, 0.29) is 5.78 Å². The highest BCUT2D eigenvalue weighted by Gasteiger charge is 2.09. The van der Waals surface area contributed by atoms with Gasteiger partial charge in [-0.3, -0.25) is 4.79 Å². The zero-order chi connectivity index (χ0) is 14.4. The van der Waals surface area contributed by atoms with E-state index in [1.165, 1.54) is 11.1 Å². The first-order chi connectivity index (χ1) is 9.70. The molecule has 0 amide bonds. The van der Waals surface area contributed by atoms with E-state index in [1.54, 1.807) is 6.20 Å². The largest absolute Gasteiger partial charge is 0.335 e. The fourth-order valence-electron chi connectivity index (χ4n) is 2.38. The van der Waals surface area contributed by atoms with E-state index < -0.39 is 0 Å². The lowest BCUT2D eigenvalue weighted by molar-refractivity contribution is -0.118. The Kier molecular flexibility index (Phi) is 5.10. The Morgan fingerprint density at radius 3 is 2.85 bits per heavy atom. The Morgan fingerprint density at radius 2 is 2.10 bits per heavy atom. The first-order valence-corrected chi connectivity index (χ1v) is 7.27. The number of hydrogen-bond acceptors (Lipinski definition) is 2. The Labute approximate surface area is 120 Å². The molecule has 2 rings (SSSR count). The van der Waals surface area contributed by atoms with Gasteiger partial charge in [0.1, 0.15) is 11.6 Å². The van der Waals surface area contributed by atoms with E-state index in [1.807, 2.05) is 18.3 Å². The van der Waals surface area contributed by atoms with E-state index >= 15 is 0 Å². The molecule has 1 aromatic heterocycles. The summed E-state index contributed by atoms with van der Waals surface area (Å²) in [7, 11) is 0. The van der Waals surface area contributed by atoms with Crippen LogP contribution < -0.4 is 0 Å². The standard InChI is InChI=1S/C17H22N2O/c1-3-11-19-12-10-18-17(19)13-16(20)9-8-15-7-5-4-6-14(15)2/h4-7,10,12H,3,8-9,11,13H2,1-2H3. The first kappa shape index (κ1) is 14.5. The molecule has 0 atom stereocenters. The lowest BCUT2D eigenvalue weighted by atomic mass is 10.0. The minimum atomic E-state index is 0.261. The van der Waals surface area contributed by atoms with Crippen LogP contribution in [0.15, 0.2) is 36.7 Å². The minimum Gasteiger partial charge on any atom is -0.335 e. The third-order valence-corrected chi connectivity index (χ3v) is 3.56. The van der Waals surface area contributed by atoms with Gasteiger partial charge in [-0.2, -0.15) is 0 Å². The number of aryl methyl sites for hydroxylation is 3. The lowest BCUT2D eigenvalue weighted by Crippen LogP contribution is -2.10. The summed E-state index contributed by atoms with van der Waals surface area (Å²) in [6, 6.07) is 8.25. The summed E-state index contributed by atoms with van der Waals surface area (Å²) in [5.41, 5.74) is 2.52. The summed E-state index contributed by atoms with van der Waals surface area (Å²) in [4.78, 5) is 16.4. The van der Waals surface area contributed by atoms with Crippen molar-refractivity contribution >= 4 is 5.78 Å². The van der Waals surface area contributed by atoms with Gasteiger partial charge in [-0.1, -0.05) is 31.2 Å². The van der Waals surface area contributed by atoms with Crippen molar-refractivity contribution in [3.8, 4) is 0 Å². The van der Waals surface area contributed by atoms with Crippen LogP contribution in [0.5, 0.6) is 0 Å². The van der Waals surface area contributed by atoms with Crippen LogP contribution in [0.4, 0.5) is 0 Å². The second kappa shape index (κ2) is 7.04. The SMILES string of the molecule is CCCn1ccnc1CC(=O)CCc1ccccc1C. The second-order valence-electron chi connectivity index (χ2n) is 5.18. The summed E-state index contributed by atoms with van der Waals surface area (Å²) in [6.45, 7) is 5.15. The summed E-state index contributed by atoms with van der Waals surface area (Å²) >= 11 is 0. The van der Waals surface area contributed by atoms with E-state index in [2.05, 4.69) is 35.5 Å². The molecule has 1 heterocycles. The quantitative estimate of drug-likeness (QED) is 0.773. The number of nitrogens with zero attached hydrogens (tertiary/aromatic N) is 2. The zero-order valence-electron chi connectivity index (χ0n) is 12.3. The monoisotopic (exact) mass is 270 g/mol. The average molecular weight is 270 g/mol. The minimum absolute atomic E-state index is 0.261. The summed E-state index contributed by atoms with van der Waals surface area (Å²) in [6.07, 6.45) is 6.64. The van der Waals surface area contributed by atoms with Crippen LogP contribution in [0, 0.1) is 6.92 Å². The topological polar surface area (TPSA) is 34.9 Å². The maximum atomic E-state index is 12.1. The maximum absolute atomic E-state index is 12.1. The van der Waals surface area contributed by atoms with E-state index in [0.29, 0.717) is 12.8 Å². The lowest BCUT2D eigenvalue weighted by Gasteiger charge is -2.07. The molecule has 3 nitrogen and oxygen atoms in total. The molecule has 0 saturated carbocycles. The number of aromatic nitrogens is 2. The van der Waals surface area contributed by atoms with Gasteiger partial charge in [-0.05, 0) is 30.9 Å². The van der Waals surface area contributed by atoms with Crippen LogP contribution in [-0.2, 0) is 24.2 Å². The van der Waals surface area contributed by atoms with E-state index in [0.717, 1.165) is 25.2 Å².